The molecule has 6 heteroatoms. The third-order valence-corrected chi connectivity index (χ3v) is 6.46. The fourth-order valence-electron chi connectivity index (χ4n) is 2.69. The maximum atomic E-state index is 12.6. The molecule has 0 saturated carbocycles. The van der Waals surface area contributed by atoms with Crippen LogP contribution in [0.1, 0.15) is 43.1 Å². The first-order valence-corrected chi connectivity index (χ1v) is 10.5. The van der Waals surface area contributed by atoms with E-state index in [0.717, 1.165) is 33.1 Å². The zero-order valence-electron chi connectivity index (χ0n) is 15.4. The Morgan fingerprint density at radius 3 is 2.65 bits per heavy atom. The van der Waals surface area contributed by atoms with Crippen LogP contribution in [0.3, 0.4) is 0 Å². The van der Waals surface area contributed by atoms with E-state index in [2.05, 4.69) is 28.3 Å². The summed E-state index contributed by atoms with van der Waals surface area (Å²) in [5.41, 5.74) is 1.10. The highest BCUT2D eigenvalue weighted by molar-refractivity contribution is 8.00. The molecule has 2 aromatic heterocycles. The fourth-order valence-corrected chi connectivity index (χ4v) is 4.74. The number of nitrogens with one attached hydrogen (secondary N) is 1. The molecule has 0 spiro atoms. The summed E-state index contributed by atoms with van der Waals surface area (Å²) in [6.45, 7) is 7.97. The van der Waals surface area contributed by atoms with Crippen LogP contribution in [-0.4, -0.2) is 21.1 Å². The largest absolute Gasteiger partial charge is 0.349 e. The van der Waals surface area contributed by atoms with Crippen molar-refractivity contribution >= 4 is 39.2 Å². The van der Waals surface area contributed by atoms with Gasteiger partial charge in [-0.25, -0.2) is 9.97 Å². The second kappa shape index (κ2) is 8.18. The molecule has 2 atom stereocenters. The average Bonchev–Trinajstić information content (AvgIpc) is 3.05. The van der Waals surface area contributed by atoms with Crippen molar-refractivity contribution in [1.29, 1.82) is 0 Å². The third-order valence-electron chi connectivity index (χ3n) is 4.19. The van der Waals surface area contributed by atoms with Gasteiger partial charge in [-0.3, -0.25) is 4.79 Å². The maximum Gasteiger partial charge on any atom is 0.233 e. The first-order valence-electron chi connectivity index (χ1n) is 8.77. The topological polar surface area (TPSA) is 54.9 Å². The number of aromatic nitrogens is 2. The molecule has 0 aliphatic heterocycles. The first kappa shape index (κ1) is 18.9. The zero-order chi connectivity index (χ0) is 18.7. The number of thioether (sulfide) groups is 1. The highest BCUT2D eigenvalue weighted by atomic mass is 32.2. The molecule has 0 saturated heterocycles. The number of fused-ring (bicyclic) bond motifs is 1. The van der Waals surface area contributed by atoms with Crippen LogP contribution in [0.5, 0.6) is 0 Å². The van der Waals surface area contributed by atoms with Crippen LogP contribution >= 0.6 is 23.1 Å². The van der Waals surface area contributed by atoms with Crippen molar-refractivity contribution in [3.8, 4) is 0 Å². The number of rotatable bonds is 6. The van der Waals surface area contributed by atoms with Gasteiger partial charge in [-0.05, 0) is 38.8 Å². The Kier molecular flexibility index (Phi) is 5.94. The van der Waals surface area contributed by atoms with E-state index >= 15 is 0 Å². The number of hydrogen-bond donors (Lipinski definition) is 1. The average molecular weight is 386 g/mol. The molecular formula is C20H23N3OS2. The Morgan fingerprint density at radius 2 is 1.96 bits per heavy atom. The molecule has 0 bridgehead atoms. The second-order valence-corrected chi connectivity index (χ2v) is 8.71. The summed E-state index contributed by atoms with van der Waals surface area (Å²) in [6, 6.07) is 12.1. The molecule has 0 aliphatic rings. The minimum Gasteiger partial charge on any atom is -0.349 e. The van der Waals surface area contributed by atoms with Crippen molar-refractivity contribution in [1.82, 2.24) is 15.3 Å². The van der Waals surface area contributed by atoms with Gasteiger partial charge in [0.1, 0.15) is 15.7 Å². The van der Waals surface area contributed by atoms with Crippen LogP contribution in [0.25, 0.3) is 10.2 Å². The number of aryl methyl sites for hydroxylation is 2. The molecule has 1 N–H and O–H groups in total. The van der Waals surface area contributed by atoms with Crippen LogP contribution in [0, 0.1) is 6.92 Å². The molecule has 2 unspecified atom stereocenters. The van der Waals surface area contributed by atoms with E-state index in [1.807, 2.05) is 51.1 Å². The quantitative estimate of drug-likeness (QED) is 0.483. The molecule has 2 heterocycles. The monoisotopic (exact) mass is 385 g/mol. The number of hydrogen-bond acceptors (Lipinski definition) is 5. The molecule has 0 fully saturated rings. The Balaban J connectivity index is 1.75. The van der Waals surface area contributed by atoms with E-state index in [1.165, 1.54) is 16.6 Å². The molecule has 1 amide bonds. The highest BCUT2D eigenvalue weighted by Crippen LogP contribution is 2.33. The van der Waals surface area contributed by atoms with Crippen molar-refractivity contribution in [3.05, 3.63) is 52.7 Å². The van der Waals surface area contributed by atoms with E-state index in [1.54, 1.807) is 11.3 Å². The Hall–Kier alpha value is -1.92. The maximum absolute atomic E-state index is 12.6. The zero-order valence-corrected chi connectivity index (χ0v) is 17.1. The number of nitrogens with zero attached hydrogens (tertiary/aromatic N) is 2. The van der Waals surface area contributed by atoms with Gasteiger partial charge in [0.2, 0.25) is 5.91 Å². The van der Waals surface area contributed by atoms with Crippen molar-refractivity contribution in [2.24, 2.45) is 0 Å². The van der Waals surface area contributed by atoms with Crippen LogP contribution in [0.4, 0.5) is 0 Å². The van der Waals surface area contributed by atoms with Crippen molar-refractivity contribution in [3.63, 3.8) is 0 Å². The molecule has 0 aliphatic carbocycles. The van der Waals surface area contributed by atoms with Crippen molar-refractivity contribution in [2.75, 3.05) is 0 Å². The number of benzene rings is 1. The number of thiophene rings is 1. The van der Waals surface area contributed by atoms with Gasteiger partial charge < -0.3 is 5.32 Å². The smallest absolute Gasteiger partial charge is 0.233 e. The Morgan fingerprint density at radius 1 is 1.23 bits per heavy atom. The Bertz CT molecular complexity index is 908. The number of carbonyl (C=O) groups excluding carboxylic acids is 1. The molecule has 4 nitrogen and oxygen atoms in total. The molecule has 0 radical (unpaired) electrons. The van der Waals surface area contributed by atoms with Gasteiger partial charge in [-0.1, -0.05) is 49.0 Å². The summed E-state index contributed by atoms with van der Waals surface area (Å²) < 4.78 is 0. The van der Waals surface area contributed by atoms with E-state index in [9.17, 15) is 4.79 Å². The number of amides is 1. The van der Waals surface area contributed by atoms with Gasteiger partial charge in [0.15, 0.2) is 0 Å². The fraction of sp³-hybridized carbons (Fsp3) is 0.350. The lowest BCUT2D eigenvalue weighted by molar-refractivity contribution is -0.120. The van der Waals surface area contributed by atoms with Gasteiger partial charge in [0, 0.05) is 10.3 Å². The van der Waals surface area contributed by atoms with Crippen molar-refractivity contribution < 1.29 is 4.79 Å². The lowest BCUT2D eigenvalue weighted by Crippen LogP contribution is -2.33. The van der Waals surface area contributed by atoms with Gasteiger partial charge in [0.25, 0.3) is 0 Å². The summed E-state index contributed by atoms with van der Waals surface area (Å²) in [5, 5.41) is 4.80. The van der Waals surface area contributed by atoms with Crippen molar-refractivity contribution in [2.45, 2.75) is 50.4 Å². The summed E-state index contributed by atoms with van der Waals surface area (Å²) >= 11 is 3.20. The van der Waals surface area contributed by atoms with Crippen LogP contribution in [0.2, 0.25) is 0 Å². The predicted molar refractivity (Wildman–Crippen MR) is 110 cm³/mol. The SMILES string of the molecule is CCc1cc2c(SC(C)C(=O)NC(C)c3ccccc3)nc(C)nc2s1. The van der Waals surface area contributed by atoms with Crippen LogP contribution in [-0.2, 0) is 11.2 Å². The second-order valence-electron chi connectivity index (χ2n) is 6.26. The van der Waals surface area contributed by atoms with Gasteiger partial charge in [-0.15, -0.1) is 11.3 Å². The number of carbonyl (C=O) groups is 1. The predicted octanol–water partition coefficient (Wildman–Crippen LogP) is 4.92. The van der Waals surface area contributed by atoms with Gasteiger partial charge >= 0.3 is 0 Å². The summed E-state index contributed by atoms with van der Waals surface area (Å²) in [5.74, 6) is 0.761. The minimum atomic E-state index is -0.233. The summed E-state index contributed by atoms with van der Waals surface area (Å²) in [4.78, 5) is 24.1. The summed E-state index contributed by atoms with van der Waals surface area (Å²) in [7, 11) is 0. The molecule has 3 rings (SSSR count). The standard InChI is InChI=1S/C20H23N3OS2/c1-5-16-11-17-19(22-14(4)23-20(17)26-16)25-13(3)18(24)21-12(2)15-9-7-6-8-10-15/h6-13H,5H2,1-4H3,(H,21,24). The summed E-state index contributed by atoms with van der Waals surface area (Å²) in [6.07, 6.45) is 0.981. The normalized spacial score (nSPS) is 13.5. The third kappa shape index (κ3) is 4.24. The highest BCUT2D eigenvalue weighted by Gasteiger charge is 2.20. The van der Waals surface area contributed by atoms with Gasteiger partial charge in [0.05, 0.1) is 11.3 Å². The van der Waals surface area contributed by atoms with Crippen LogP contribution < -0.4 is 5.32 Å². The van der Waals surface area contributed by atoms with Gasteiger partial charge in [-0.2, -0.15) is 0 Å². The minimum absolute atomic E-state index is 0.0155. The molecular weight excluding hydrogens is 362 g/mol. The lowest BCUT2D eigenvalue weighted by atomic mass is 10.1. The lowest BCUT2D eigenvalue weighted by Gasteiger charge is -2.17. The molecule has 26 heavy (non-hydrogen) atoms. The first-order chi connectivity index (χ1) is 12.5. The van der Waals surface area contributed by atoms with E-state index < -0.39 is 0 Å². The Labute approximate surface area is 162 Å². The van der Waals surface area contributed by atoms with E-state index in [0.29, 0.717) is 0 Å². The van der Waals surface area contributed by atoms with E-state index in [-0.39, 0.29) is 17.2 Å². The molecule has 3 aromatic rings. The molecule has 1 aromatic carbocycles. The molecule has 136 valence electrons. The van der Waals surface area contributed by atoms with E-state index in [4.69, 9.17) is 0 Å². The van der Waals surface area contributed by atoms with Crippen LogP contribution in [0.15, 0.2) is 41.4 Å².